The fourth-order valence-electron chi connectivity index (χ4n) is 1.90. The molecule has 6 nitrogen and oxygen atoms in total. The van der Waals surface area contributed by atoms with E-state index in [1.807, 2.05) is 0 Å². The van der Waals surface area contributed by atoms with Crippen molar-refractivity contribution in [3.05, 3.63) is 23.4 Å². The second-order valence-electron chi connectivity index (χ2n) is 5.77. The van der Waals surface area contributed by atoms with Crippen molar-refractivity contribution < 1.29 is 32.6 Å². The van der Waals surface area contributed by atoms with E-state index in [-0.39, 0.29) is 15.2 Å². The predicted octanol–water partition coefficient (Wildman–Crippen LogP) is 4.36. The zero-order valence-electron chi connectivity index (χ0n) is 12.8. The summed E-state index contributed by atoms with van der Waals surface area (Å²) in [6.07, 6.45) is -4.77. The Bertz CT molecular complexity index is 809. The number of carbonyl (C=O) groups excluding carboxylic acids is 1. The number of ether oxygens (including phenoxy) is 1. The molecule has 0 spiro atoms. The highest BCUT2D eigenvalue weighted by molar-refractivity contribution is 7.23. The SMILES string of the molecule is CC(C)(C)OC(=O)Nc1sc2c(C(F)(F)F)ccnc2c1C(=O)O. The molecule has 2 heterocycles. The van der Waals surface area contributed by atoms with Gasteiger partial charge in [-0.2, -0.15) is 13.2 Å². The summed E-state index contributed by atoms with van der Waals surface area (Å²) in [7, 11) is 0. The first-order chi connectivity index (χ1) is 10.9. The monoisotopic (exact) mass is 362 g/mol. The van der Waals surface area contributed by atoms with Gasteiger partial charge in [-0.15, -0.1) is 11.3 Å². The van der Waals surface area contributed by atoms with E-state index in [0.717, 1.165) is 12.3 Å². The zero-order valence-corrected chi connectivity index (χ0v) is 13.6. The molecule has 1 amide bonds. The molecule has 0 aromatic carbocycles. The Morgan fingerprint density at radius 3 is 2.42 bits per heavy atom. The van der Waals surface area contributed by atoms with Gasteiger partial charge in [-0.1, -0.05) is 0 Å². The van der Waals surface area contributed by atoms with Crippen molar-refractivity contribution in [3.8, 4) is 0 Å². The van der Waals surface area contributed by atoms with Gasteiger partial charge in [-0.05, 0) is 26.8 Å². The van der Waals surface area contributed by atoms with E-state index in [9.17, 15) is 27.9 Å². The molecule has 130 valence electrons. The number of carbonyl (C=O) groups is 2. The summed E-state index contributed by atoms with van der Waals surface area (Å²) in [6, 6.07) is 0.752. The fourth-order valence-corrected chi connectivity index (χ4v) is 3.07. The maximum Gasteiger partial charge on any atom is 0.417 e. The first-order valence-corrected chi connectivity index (χ1v) is 7.44. The van der Waals surface area contributed by atoms with Gasteiger partial charge in [0.15, 0.2) is 0 Å². The molecule has 10 heteroatoms. The molecule has 0 aliphatic heterocycles. The van der Waals surface area contributed by atoms with Crippen LogP contribution in [0.1, 0.15) is 36.7 Å². The summed E-state index contributed by atoms with van der Waals surface area (Å²) in [6.45, 7) is 4.79. The van der Waals surface area contributed by atoms with Crippen molar-refractivity contribution in [1.29, 1.82) is 0 Å². The number of anilines is 1. The second-order valence-corrected chi connectivity index (χ2v) is 6.79. The first-order valence-electron chi connectivity index (χ1n) is 6.62. The van der Waals surface area contributed by atoms with Crippen LogP contribution in [0.25, 0.3) is 10.2 Å². The van der Waals surface area contributed by atoms with Gasteiger partial charge in [-0.25, -0.2) is 9.59 Å². The number of halogens is 3. The molecule has 0 aliphatic carbocycles. The van der Waals surface area contributed by atoms with Crippen LogP contribution in [-0.4, -0.2) is 27.8 Å². The van der Waals surface area contributed by atoms with Crippen LogP contribution in [0.15, 0.2) is 12.3 Å². The average Bonchev–Trinajstić information content (AvgIpc) is 2.71. The zero-order chi connectivity index (χ0) is 18.3. The molecule has 2 aromatic heterocycles. The van der Waals surface area contributed by atoms with Crippen LogP contribution in [0, 0.1) is 0 Å². The van der Waals surface area contributed by atoms with Gasteiger partial charge in [0.25, 0.3) is 0 Å². The third-order valence-corrected chi connectivity index (χ3v) is 3.83. The van der Waals surface area contributed by atoms with Gasteiger partial charge in [0.2, 0.25) is 0 Å². The normalized spacial score (nSPS) is 12.2. The molecule has 0 bridgehead atoms. The molecular formula is C14H13F3N2O4S. The highest BCUT2D eigenvalue weighted by Gasteiger charge is 2.35. The Morgan fingerprint density at radius 1 is 1.29 bits per heavy atom. The number of fused-ring (bicyclic) bond motifs is 1. The smallest absolute Gasteiger partial charge is 0.417 e. The van der Waals surface area contributed by atoms with E-state index < -0.39 is 35.0 Å². The Hall–Kier alpha value is -2.36. The summed E-state index contributed by atoms with van der Waals surface area (Å²) >= 11 is 0.485. The number of rotatable bonds is 2. The van der Waals surface area contributed by atoms with Gasteiger partial charge in [0, 0.05) is 6.20 Å². The Labute approximate surface area is 138 Å². The summed E-state index contributed by atoms with van der Waals surface area (Å²) in [5.74, 6) is -1.50. The Balaban J connectivity index is 2.56. The van der Waals surface area contributed by atoms with Gasteiger partial charge in [0.05, 0.1) is 15.8 Å². The molecule has 24 heavy (non-hydrogen) atoms. The Kier molecular flexibility index (Phi) is 4.44. The number of alkyl halides is 3. The van der Waals surface area contributed by atoms with Crippen LogP contribution in [0.4, 0.5) is 23.0 Å². The number of hydrogen-bond donors (Lipinski definition) is 2. The molecule has 2 rings (SSSR count). The van der Waals surface area contributed by atoms with Crippen LogP contribution in [0.2, 0.25) is 0 Å². The first kappa shape index (κ1) is 18.0. The van der Waals surface area contributed by atoms with Crippen LogP contribution in [0.5, 0.6) is 0 Å². The van der Waals surface area contributed by atoms with Gasteiger partial charge in [-0.3, -0.25) is 10.3 Å². The number of pyridine rings is 1. The molecular weight excluding hydrogens is 349 g/mol. The largest absolute Gasteiger partial charge is 0.478 e. The molecule has 0 unspecified atom stereocenters. The molecule has 2 N–H and O–H groups in total. The minimum Gasteiger partial charge on any atom is -0.478 e. The minimum absolute atomic E-state index is 0.268. The molecule has 2 aromatic rings. The van der Waals surface area contributed by atoms with Crippen molar-refractivity contribution >= 4 is 38.6 Å². The number of carboxylic acids is 1. The van der Waals surface area contributed by atoms with E-state index in [4.69, 9.17) is 4.74 Å². The van der Waals surface area contributed by atoms with Gasteiger partial charge < -0.3 is 9.84 Å². The summed E-state index contributed by atoms with van der Waals surface area (Å²) < 4.78 is 43.8. The van der Waals surface area contributed by atoms with Crippen LogP contribution in [-0.2, 0) is 10.9 Å². The number of aromatic nitrogens is 1. The van der Waals surface area contributed by atoms with E-state index in [1.165, 1.54) is 0 Å². The lowest BCUT2D eigenvalue weighted by atomic mass is 10.2. The molecule has 0 aliphatic rings. The van der Waals surface area contributed by atoms with Crippen molar-refractivity contribution in [2.75, 3.05) is 5.32 Å². The van der Waals surface area contributed by atoms with Crippen molar-refractivity contribution in [1.82, 2.24) is 4.98 Å². The summed E-state index contributed by atoms with van der Waals surface area (Å²) in [4.78, 5) is 26.9. The van der Waals surface area contributed by atoms with E-state index in [1.54, 1.807) is 20.8 Å². The third-order valence-electron chi connectivity index (χ3n) is 2.71. The van der Waals surface area contributed by atoms with Crippen LogP contribution in [0.3, 0.4) is 0 Å². The van der Waals surface area contributed by atoms with E-state index >= 15 is 0 Å². The number of thiophene rings is 1. The summed E-state index contributed by atoms with van der Waals surface area (Å²) in [5.41, 5.74) is -2.71. The predicted molar refractivity (Wildman–Crippen MR) is 81.4 cm³/mol. The van der Waals surface area contributed by atoms with Gasteiger partial charge in [0.1, 0.15) is 16.2 Å². The maximum absolute atomic E-state index is 13.1. The van der Waals surface area contributed by atoms with Crippen LogP contribution >= 0.6 is 11.3 Å². The van der Waals surface area contributed by atoms with E-state index in [2.05, 4.69) is 10.3 Å². The fraction of sp³-hybridized carbons (Fsp3) is 0.357. The number of amides is 1. The standard InChI is InChI=1S/C14H13F3N2O4S/c1-13(2,3)23-12(22)19-10-7(11(20)21)8-9(24-10)6(4-5-18-8)14(15,16)17/h4-5H,1-3H3,(H,19,22)(H,20,21). The highest BCUT2D eigenvalue weighted by Crippen LogP contribution is 2.42. The number of aromatic carboxylic acids is 1. The topological polar surface area (TPSA) is 88.5 Å². The van der Waals surface area contributed by atoms with Gasteiger partial charge >= 0.3 is 18.2 Å². The minimum atomic E-state index is -4.68. The highest BCUT2D eigenvalue weighted by atomic mass is 32.1. The van der Waals surface area contributed by atoms with Crippen LogP contribution < -0.4 is 5.32 Å². The lowest BCUT2D eigenvalue weighted by Crippen LogP contribution is -2.27. The van der Waals surface area contributed by atoms with Crippen molar-refractivity contribution in [2.24, 2.45) is 0 Å². The number of nitrogens with one attached hydrogen (secondary N) is 1. The number of nitrogens with zero attached hydrogens (tertiary/aromatic N) is 1. The molecule has 0 atom stereocenters. The molecule has 0 radical (unpaired) electrons. The van der Waals surface area contributed by atoms with Crippen molar-refractivity contribution in [3.63, 3.8) is 0 Å². The second kappa shape index (κ2) is 5.93. The quantitative estimate of drug-likeness (QED) is 0.829. The molecule has 0 saturated carbocycles. The number of hydrogen-bond acceptors (Lipinski definition) is 5. The molecule has 0 fully saturated rings. The Morgan fingerprint density at radius 2 is 1.92 bits per heavy atom. The average molecular weight is 362 g/mol. The lowest BCUT2D eigenvalue weighted by Gasteiger charge is -2.19. The number of carboxylic acid groups (broad SMARTS) is 1. The maximum atomic E-state index is 13.1. The van der Waals surface area contributed by atoms with E-state index in [0.29, 0.717) is 11.3 Å². The lowest BCUT2D eigenvalue weighted by molar-refractivity contribution is -0.136. The summed E-state index contributed by atoms with van der Waals surface area (Å²) in [5, 5.41) is 11.2. The molecule has 0 saturated heterocycles. The van der Waals surface area contributed by atoms with Crippen molar-refractivity contribution in [2.45, 2.75) is 32.5 Å². The third kappa shape index (κ3) is 3.75.